The van der Waals surface area contributed by atoms with Crippen LogP contribution in [0.25, 0.3) is 90.9 Å². The van der Waals surface area contributed by atoms with Gasteiger partial charge in [0.1, 0.15) is 7.05 Å². The van der Waals surface area contributed by atoms with Gasteiger partial charge in [0, 0.05) is 34.3 Å². The Bertz CT molecular complexity index is 2400. The van der Waals surface area contributed by atoms with Crippen molar-refractivity contribution in [3.63, 3.8) is 0 Å². The van der Waals surface area contributed by atoms with Crippen molar-refractivity contribution >= 4 is 46.4 Å². The van der Waals surface area contributed by atoms with Crippen molar-refractivity contribution in [3.05, 3.63) is 168 Å². The van der Waals surface area contributed by atoms with Gasteiger partial charge in [0.05, 0.1) is 33.5 Å². The molecule has 0 spiro atoms. The number of fused-ring (bicyclic) bond motifs is 8. The topological polar surface area (TPSA) is 48.4 Å². The highest BCUT2D eigenvalue weighted by atomic mass is 15.0. The summed E-state index contributed by atoms with van der Waals surface area (Å²) in [4.78, 5) is 13.1. The van der Waals surface area contributed by atoms with E-state index in [-0.39, 0.29) is 0 Å². The van der Waals surface area contributed by atoms with Gasteiger partial charge >= 0.3 is 0 Å². The maximum Gasteiger partial charge on any atom is 0.215 e. The second-order valence-corrected chi connectivity index (χ2v) is 12.4. The van der Waals surface area contributed by atoms with Crippen LogP contribution in [0, 0.1) is 0 Å². The highest BCUT2D eigenvalue weighted by molar-refractivity contribution is 5.99. The number of hydrogen-bond donors (Lipinski definition) is 2. The third kappa shape index (κ3) is 5.02. The third-order valence-electron chi connectivity index (χ3n) is 9.49. The fraction of sp³-hybridized carbons (Fsp3) is 0.0222. The largest absolute Gasteiger partial charge is 0.354 e. The van der Waals surface area contributed by atoms with Gasteiger partial charge in [0.2, 0.25) is 11.4 Å². The molecule has 2 aliphatic heterocycles. The second kappa shape index (κ2) is 11.9. The summed E-state index contributed by atoms with van der Waals surface area (Å²) in [7, 11) is 2.17. The van der Waals surface area contributed by atoms with Gasteiger partial charge in [-0.05, 0) is 58.7 Å². The van der Waals surface area contributed by atoms with Gasteiger partial charge in [0.25, 0.3) is 0 Å². The monoisotopic (exact) mass is 629 g/mol. The van der Waals surface area contributed by atoms with Crippen LogP contribution in [-0.4, -0.2) is 15.0 Å². The van der Waals surface area contributed by atoms with Gasteiger partial charge in [-0.25, -0.2) is 4.98 Å². The normalized spacial score (nSPS) is 12.0. The van der Waals surface area contributed by atoms with E-state index in [9.17, 15) is 0 Å². The van der Waals surface area contributed by atoms with E-state index in [1.807, 2.05) is 0 Å². The first-order valence-corrected chi connectivity index (χ1v) is 16.6. The number of nitrogens with zero attached hydrogens (tertiary/aromatic N) is 2. The van der Waals surface area contributed by atoms with E-state index < -0.39 is 0 Å². The third-order valence-corrected chi connectivity index (χ3v) is 9.49. The first-order chi connectivity index (χ1) is 24.2. The number of hydrogen-bond acceptors (Lipinski definition) is 1. The van der Waals surface area contributed by atoms with Crippen molar-refractivity contribution in [3.8, 4) is 44.5 Å². The molecule has 2 N–H and O–H groups in total. The molecular weight excluding hydrogens is 597 g/mol. The Morgan fingerprint density at radius 3 is 1.02 bits per heavy atom. The SMILES string of the molecule is C[n+]1c2c(-c3ccccc3)c3ccc([nH]3)c(-c3ccccc3)c3nc(c(-c4ccccc4)c4ccc([nH]4)c(-c4ccccc4)c1C=C2)C=C3. The van der Waals surface area contributed by atoms with Gasteiger partial charge in [0.15, 0.2) is 0 Å². The molecule has 8 bridgehead atoms. The summed E-state index contributed by atoms with van der Waals surface area (Å²) in [6, 6.07) is 51.2. The van der Waals surface area contributed by atoms with Crippen LogP contribution in [0.1, 0.15) is 22.8 Å². The molecule has 4 heteroatoms. The lowest BCUT2D eigenvalue weighted by Crippen LogP contribution is -2.33. The molecule has 2 aliphatic rings. The van der Waals surface area contributed by atoms with E-state index >= 15 is 0 Å². The Kier molecular flexibility index (Phi) is 6.98. The maximum absolute atomic E-state index is 5.37. The molecule has 4 nitrogen and oxygen atoms in total. The summed E-state index contributed by atoms with van der Waals surface area (Å²) in [6.45, 7) is 0. The van der Waals surface area contributed by atoms with E-state index in [0.29, 0.717) is 0 Å². The Morgan fingerprint density at radius 1 is 0.367 bits per heavy atom. The number of H-pyrrole nitrogens is 2. The molecule has 9 rings (SSSR count). The molecule has 0 atom stereocenters. The van der Waals surface area contributed by atoms with Gasteiger partial charge in [-0.2, -0.15) is 4.57 Å². The predicted octanol–water partition coefficient (Wildman–Crippen LogP) is 10.8. The predicted molar refractivity (Wildman–Crippen MR) is 204 cm³/mol. The standard InChI is InChI=1S/C45H32N4/c1-49-40-28-29-41(49)45(33-20-12-5-13-21-33)39-27-25-37(48-39)43(31-16-8-3-9-17-31)35-23-22-34(46-35)42(30-14-6-2-7-15-30)36-24-26-38(47-36)44(40)32-18-10-4-11-19-32/h2-29H,1H3,(H,46,47,48)/p+1. The Hall–Kier alpha value is -6.52. The molecule has 49 heavy (non-hydrogen) atoms. The molecular formula is C45H33N4+. The van der Waals surface area contributed by atoms with Crippen LogP contribution in [-0.2, 0) is 7.05 Å². The number of benzene rings is 4. The number of nitrogens with one attached hydrogen (secondary N) is 2. The average molecular weight is 630 g/mol. The number of aromatic amines is 2. The molecule has 232 valence electrons. The van der Waals surface area contributed by atoms with Crippen LogP contribution >= 0.6 is 0 Å². The van der Waals surface area contributed by atoms with Crippen LogP contribution < -0.4 is 4.57 Å². The van der Waals surface area contributed by atoms with E-state index in [0.717, 1.165) is 89.4 Å². The highest BCUT2D eigenvalue weighted by Gasteiger charge is 2.25. The highest BCUT2D eigenvalue weighted by Crippen LogP contribution is 2.37. The van der Waals surface area contributed by atoms with Crippen LogP contribution in [0.15, 0.2) is 146 Å². The molecule has 0 saturated carbocycles. The van der Waals surface area contributed by atoms with Gasteiger partial charge < -0.3 is 9.97 Å². The van der Waals surface area contributed by atoms with Crippen molar-refractivity contribution in [2.75, 3.05) is 0 Å². The van der Waals surface area contributed by atoms with Crippen molar-refractivity contribution in [2.24, 2.45) is 7.05 Å². The Morgan fingerprint density at radius 2 is 0.673 bits per heavy atom. The lowest BCUT2D eigenvalue weighted by atomic mass is 10.0. The van der Waals surface area contributed by atoms with Crippen LogP contribution in [0.5, 0.6) is 0 Å². The van der Waals surface area contributed by atoms with Crippen LogP contribution in [0.4, 0.5) is 0 Å². The van der Waals surface area contributed by atoms with E-state index in [4.69, 9.17) is 4.98 Å². The Balaban J connectivity index is 1.51. The van der Waals surface area contributed by atoms with Crippen molar-refractivity contribution < 1.29 is 4.57 Å². The lowest BCUT2D eigenvalue weighted by Gasteiger charge is -2.06. The van der Waals surface area contributed by atoms with Crippen molar-refractivity contribution in [2.45, 2.75) is 0 Å². The molecule has 4 aromatic carbocycles. The van der Waals surface area contributed by atoms with Gasteiger partial charge in [-0.3, -0.25) is 0 Å². The number of rotatable bonds is 4. The molecule has 0 radical (unpaired) electrons. The van der Waals surface area contributed by atoms with Crippen LogP contribution in [0.3, 0.4) is 0 Å². The summed E-state index contributed by atoms with van der Waals surface area (Å²) < 4.78 is 2.32. The second-order valence-electron chi connectivity index (χ2n) is 12.4. The minimum Gasteiger partial charge on any atom is -0.354 e. The zero-order valence-corrected chi connectivity index (χ0v) is 27.1. The summed E-state index contributed by atoms with van der Waals surface area (Å²) >= 11 is 0. The van der Waals surface area contributed by atoms with Crippen molar-refractivity contribution in [1.82, 2.24) is 15.0 Å². The summed E-state index contributed by atoms with van der Waals surface area (Å²) in [5.41, 5.74) is 17.1. The molecule has 5 heterocycles. The molecule has 3 aromatic heterocycles. The molecule has 0 aliphatic carbocycles. The molecule has 0 fully saturated rings. The van der Waals surface area contributed by atoms with E-state index in [1.54, 1.807) is 0 Å². The minimum absolute atomic E-state index is 0.917. The molecule has 0 saturated heterocycles. The smallest absolute Gasteiger partial charge is 0.215 e. The zero-order chi connectivity index (χ0) is 32.7. The average Bonchev–Trinajstić information content (AvgIpc) is 3.98. The molecule has 0 amide bonds. The van der Waals surface area contributed by atoms with E-state index in [1.165, 1.54) is 0 Å². The fourth-order valence-corrected chi connectivity index (χ4v) is 7.21. The zero-order valence-electron chi connectivity index (χ0n) is 27.1. The summed E-state index contributed by atoms with van der Waals surface area (Å²) in [6.07, 6.45) is 8.79. The maximum atomic E-state index is 5.37. The fourth-order valence-electron chi connectivity index (χ4n) is 7.21. The first kappa shape index (κ1) is 28.7. The lowest BCUT2D eigenvalue weighted by molar-refractivity contribution is -0.671. The van der Waals surface area contributed by atoms with Gasteiger partial charge in [-0.1, -0.05) is 121 Å². The molecule has 0 unspecified atom stereocenters. The van der Waals surface area contributed by atoms with Crippen molar-refractivity contribution in [1.29, 1.82) is 0 Å². The van der Waals surface area contributed by atoms with E-state index in [2.05, 4.69) is 191 Å². The summed E-state index contributed by atoms with van der Waals surface area (Å²) in [5, 5.41) is 0. The minimum atomic E-state index is 0.917. The Labute approximate surface area is 285 Å². The van der Waals surface area contributed by atoms with Crippen LogP contribution in [0.2, 0.25) is 0 Å². The van der Waals surface area contributed by atoms with Gasteiger partial charge in [-0.15, -0.1) is 0 Å². The number of aromatic nitrogens is 4. The summed E-state index contributed by atoms with van der Waals surface area (Å²) in [5.74, 6) is 0. The first-order valence-electron chi connectivity index (χ1n) is 16.6. The quantitative estimate of drug-likeness (QED) is 0.187. The molecule has 7 aromatic rings.